The third kappa shape index (κ3) is 5.63. The lowest BCUT2D eigenvalue weighted by atomic mass is 9.87. The molecule has 192 valence electrons. The molecule has 2 aromatic carbocycles. The van der Waals surface area contributed by atoms with Crippen LogP contribution < -0.4 is 10.6 Å². The number of ether oxygens (including phenoxy) is 1. The zero-order valence-corrected chi connectivity index (χ0v) is 19.7. The van der Waals surface area contributed by atoms with Gasteiger partial charge >= 0.3 is 12.4 Å². The van der Waals surface area contributed by atoms with Crippen LogP contribution in [0.25, 0.3) is 0 Å². The molecule has 3 rings (SSSR count). The third-order valence-electron chi connectivity index (χ3n) is 5.79. The number of halogens is 8. The van der Waals surface area contributed by atoms with Crippen molar-refractivity contribution < 1.29 is 36.2 Å². The first kappa shape index (κ1) is 30.5. The number of benzene rings is 2. The number of hydrogen-bond donors (Lipinski definition) is 3. The molecule has 1 fully saturated rings. The fourth-order valence-electron chi connectivity index (χ4n) is 4.11. The van der Waals surface area contributed by atoms with Crippen LogP contribution in [0.1, 0.15) is 29.5 Å². The molecule has 34 heavy (non-hydrogen) atoms. The van der Waals surface area contributed by atoms with Crippen molar-refractivity contribution >= 4 is 24.8 Å². The number of rotatable bonds is 6. The predicted octanol–water partition coefficient (Wildman–Crippen LogP) is 5.18. The summed E-state index contributed by atoms with van der Waals surface area (Å²) < 4.78 is 85.1. The molecule has 0 radical (unpaired) electrons. The van der Waals surface area contributed by atoms with E-state index in [0.717, 1.165) is 24.1 Å². The van der Waals surface area contributed by atoms with Crippen LogP contribution in [-0.4, -0.2) is 37.2 Å². The zero-order valence-electron chi connectivity index (χ0n) is 18.0. The Kier molecular flexibility index (Phi) is 10.3. The number of piperidine rings is 1. The summed E-state index contributed by atoms with van der Waals surface area (Å²) in [6.45, 7) is 0.657. The highest BCUT2D eigenvalue weighted by atomic mass is 35.5. The molecule has 1 saturated heterocycles. The van der Waals surface area contributed by atoms with Crippen molar-refractivity contribution in [1.29, 1.82) is 0 Å². The van der Waals surface area contributed by atoms with Crippen LogP contribution in [0.15, 0.2) is 54.6 Å². The molecule has 0 aromatic heterocycles. The van der Waals surface area contributed by atoms with E-state index in [9.17, 15) is 31.4 Å². The molecule has 0 bridgehead atoms. The van der Waals surface area contributed by atoms with Gasteiger partial charge in [-0.05, 0) is 24.9 Å². The Bertz CT molecular complexity index is 900. The normalized spacial score (nSPS) is 21.4. The second kappa shape index (κ2) is 11.5. The van der Waals surface area contributed by atoms with Gasteiger partial charge in [0.2, 0.25) is 0 Å². The minimum atomic E-state index is -5.93. The van der Waals surface area contributed by atoms with Gasteiger partial charge < -0.3 is 15.2 Å². The van der Waals surface area contributed by atoms with E-state index in [1.165, 1.54) is 13.2 Å². The van der Waals surface area contributed by atoms with E-state index < -0.39 is 29.2 Å². The quantitative estimate of drug-likeness (QED) is 0.447. The number of hydrogen-bond acceptors (Lipinski definition) is 4. The molecule has 0 aliphatic carbocycles. The Morgan fingerprint density at radius 3 is 2.18 bits per heavy atom. The van der Waals surface area contributed by atoms with Crippen molar-refractivity contribution in [1.82, 2.24) is 10.6 Å². The van der Waals surface area contributed by atoms with Gasteiger partial charge in [-0.15, -0.1) is 24.8 Å². The van der Waals surface area contributed by atoms with E-state index in [0.29, 0.717) is 19.0 Å². The maximum atomic E-state index is 13.2. The van der Waals surface area contributed by atoms with Crippen LogP contribution in [0.3, 0.4) is 0 Å². The Hall–Kier alpha value is -1.56. The van der Waals surface area contributed by atoms with Crippen molar-refractivity contribution in [2.75, 3.05) is 13.7 Å². The van der Waals surface area contributed by atoms with Crippen LogP contribution in [0.2, 0.25) is 0 Å². The molecule has 1 heterocycles. The van der Waals surface area contributed by atoms with Crippen molar-refractivity contribution in [3.63, 3.8) is 0 Å². The molecule has 1 aliphatic rings. The van der Waals surface area contributed by atoms with Crippen LogP contribution in [-0.2, 0) is 22.6 Å². The monoisotopic (exact) mass is 534 g/mol. The zero-order chi connectivity index (χ0) is 23.6. The number of alkyl halides is 6. The maximum absolute atomic E-state index is 13.2. The molecule has 12 heteroatoms. The first-order chi connectivity index (χ1) is 15.0. The molecule has 4 nitrogen and oxygen atoms in total. The highest BCUT2D eigenvalue weighted by Gasteiger charge is 2.71. The average Bonchev–Trinajstić information content (AvgIpc) is 2.76. The van der Waals surface area contributed by atoms with Gasteiger partial charge in [-0.2, -0.15) is 26.3 Å². The summed E-state index contributed by atoms with van der Waals surface area (Å²) >= 11 is 0. The topological polar surface area (TPSA) is 53.5 Å². The SMILES string of the molecule is CO[C@]1(c2ccccc2)NCCC[C@@H]1NCc1cccc(C(O)(C(F)(F)F)C(F)(F)F)c1.Cl.Cl. The van der Waals surface area contributed by atoms with Crippen LogP contribution >= 0.6 is 24.8 Å². The number of nitrogens with one attached hydrogen (secondary N) is 2. The van der Waals surface area contributed by atoms with Gasteiger partial charge in [0.1, 0.15) is 0 Å². The molecular formula is C22H26Cl2F6N2O2. The number of methoxy groups -OCH3 is 1. The second-order valence-electron chi connectivity index (χ2n) is 7.71. The molecule has 0 spiro atoms. The fraction of sp³-hybridized carbons (Fsp3) is 0.455. The van der Waals surface area contributed by atoms with Crippen molar-refractivity contribution in [3.8, 4) is 0 Å². The van der Waals surface area contributed by atoms with Gasteiger partial charge in [0, 0.05) is 24.8 Å². The van der Waals surface area contributed by atoms with E-state index in [4.69, 9.17) is 4.74 Å². The van der Waals surface area contributed by atoms with E-state index in [-0.39, 0.29) is 43.0 Å². The highest BCUT2D eigenvalue weighted by molar-refractivity contribution is 5.85. The summed E-state index contributed by atoms with van der Waals surface area (Å²) in [7, 11) is 1.54. The lowest BCUT2D eigenvalue weighted by Gasteiger charge is -2.44. The van der Waals surface area contributed by atoms with Gasteiger partial charge in [0.05, 0.1) is 6.04 Å². The van der Waals surface area contributed by atoms with Crippen molar-refractivity contribution in [3.05, 3.63) is 71.3 Å². The van der Waals surface area contributed by atoms with Crippen molar-refractivity contribution in [2.24, 2.45) is 0 Å². The molecule has 1 aliphatic heterocycles. The Morgan fingerprint density at radius 1 is 1.00 bits per heavy atom. The first-order valence-corrected chi connectivity index (χ1v) is 10.00. The van der Waals surface area contributed by atoms with Crippen LogP contribution in [0.4, 0.5) is 26.3 Å². The van der Waals surface area contributed by atoms with Crippen molar-refractivity contribution in [2.45, 2.75) is 49.1 Å². The van der Waals surface area contributed by atoms with Crippen LogP contribution in [0, 0.1) is 0 Å². The smallest absolute Gasteiger partial charge is 0.369 e. The molecule has 0 unspecified atom stereocenters. The molecule has 2 atom stereocenters. The van der Waals surface area contributed by atoms with Gasteiger partial charge in [-0.1, -0.05) is 54.6 Å². The Morgan fingerprint density at radius 2 is 1.62 bits per heavy atom. The molecule has 2 aromatic rings. The Labute approximate surface area is 205 Å². The molecule has 0 amide bonds. The van der Waals surface area contributed by atoms with Gasteiger partial charge in [0.15, 0.2) is 5.72 Å². The fourth-order valence-corrected chi connectivity index (χ4v) is 4.11. The van der Waals surface area contributed by atoms with E-state index in [2.05, 4.69) is 10.6 Å². The Balaban J connectivity index is 0.00000289. The minimum absolute atomic E-state index is 0. The largest absolute Gasteiger partial charge is 0.430 e. The summed E-state index contributed by atoms with van der Waals surface area (Å²) in [4.78, 5) is 0. The van der Waals surface area contributed by atoms with Gasteiger partial charge in [-0.3, -0.25) is 5.32 Å². The summed E-state index contributed by atoms with van der Waals surface area (Å²) in [6.07, 6.45) is -10.4. The summed E-state index contributed by atoms with van der Waals surface area (Å²) in [5, 5.41) is 16.2. The lowest BCUT2D eigenvalue weighted by Crippen LogP contribution is -2.61. The minimum Gasteiger partial charge on any atom is -0.369 e. The van der Waals surface area contributed by atoms with Gasteiger partial charge in [-0.25, -0.2) is 0 Å². The first-order valence-electron chi connectivity index (χ1n) is 10.00. The highest BCUT2D eigenvalue weighted by Crippen LogP contribution is 2.50. The van der Waals surface area contributed by atoms with E-state index in [1.54, 1.807) is 0 Å². The summed E-state index contributed by atoms with van der Waals surface area (Å²) in [5.74, 6) is 0. The van der Waals surface area contributed by atoms with E-state index >= 15 is 0 Å². The molecule has 3 N–H and O–H groups in total. The van der Waals surface area contributed by atoms with E-state index in [1.807, 2.05) is 30.3 Å². The second-order valence-corrected chi connectivity index (χ2v) is 7.71. The standard InChI is InChI=1S/C22H24F6N2O2.2ClH/c1-32-19(16-8-3-2-4-9-16)18(11-6-12-30-19)29-14-15-7-5-10-17(13-15)20(31,21(23,24)25)22(26,27)28;;/h2-5,7-10,13,18,29-31H,6,11-12,14H2,1H3;2*1H/t18-,19-;;/m0../s1. The lowest BCUT2D eigenvalue weighted by molar-refractivity contribution is -0.376. The predicted molar refractivity (Wildman–Crippen MR) is 120 cm³/mol. The average molecular weight is 535 g/mol. The van der Waals surface area contributed by atoms with Crippen LogP contribution in [0.5, 0.6) is 0 Å². The van der Waals surface area contributed by atoms with Gasteiger partial charge in [0.25, 0.3) is 5.60 Å². The molecular weight excluding hydrogens is 509 g/mol. The third-order valence-corrected chi connectivity index (χ3v) is 5.79. The summed E-state index contributed by atoms with van der Waals surface area (Å²) in [5.41, 5.74) is -6.13. The maximum Gasteiger partial charge on any atom is 0.430 e. The number of aliphatic hydroxyl groups is 1. The molecule has 0 saturated carbocycles. The summed E-state index contributed by atoms with van der Waals surface area (Å²) in [6, 6.07) is 12.8.